The smallest absolute Gasteiger partial charge is 0.311 e. The number of likely N-dealkylation sites (tertiary alicyclic amines) is 1. The standard InChI is InChI=1S/C31H48NO3S/c1-4-32(17-6-5-7-18-32)19-14-29(34)35-21-28(33)27-11-10-25-24-9-8-22-20-23(36)12-15-30(22,2)26(24)13-16-31(25,27)3/h20,24-27H,4-19,21H2,1-3H3/q+1/t24-,25-,26-,27+,30-,31-/m0/s1. The molecule has 1 heterocycles. The van der Waals surface area contributed by atoms with Gasteiger partial charge in [-0.05, 0) is 112 Å². The van der Waals surface area contributed by atoms with Gasteiger partial charge in [-0.3, -0.25) is 9.59 Å². The topological polar surface area (TPSA) is 43.4 Å². The predicted octanol–water partition coefficient (Wildman–Crippen LogP) is 6.46. The fraction of sp³-hybridized carbons (Fsp3) is 0.839. The first-order chi connectivity index (χ1) is 17.2. The van der Waals surface area contributed by atoms with Crippen molar-refractivity contribution in [1.82, 2.24) is 0 Å². The summed E-state index contributed by atoms with van der Waals surface area (Å²) in [7, 11) is 0. The summed E-state index contributed by atoms with van der Waals surface area (Å²) in [4.78, 5) is 27.2. The maximum absolute atomic E-state index is 13.4. The van der Waals surface area contributed by atoms with Crippen LogP contribution < -0.4 is 0 Å². The lowest BCUT2D eigenvalue weighted by Crippen LogP contribution is -2.52. The van der Waals surface area contributed by atoms with Gasteiger partial charge in [0.25, 0.3) is 0 Å². The molecule has 4 aliphatic carbocycles. The molecule has 0 spiro atoms. The number of carbonyl (C=O) groups excluding carboxylic acids is 2. The maximum Gasteiger partial charge on any atom is 0.311 e. The molecule has 1 saturated heterocycles. The molecule has 0 aromatic rings. The van der Waals surface area contributed by atoms with E-state index in [1.165, 1.54) is 58.0 Å². The molecule has 5 aliphatic rings. The molecule has 0 N–H and O–H groups in total. The zero-order valence-electron chi connectivity index (χ0n) is 23.0. The molecule has 0 bridgehead atoms. The van der Waals surface area contributed by atoms with Crippen LogP contribution in [0.1, 0.15) is 97.8 Å². The number of carbonyl (C=O) groups is 2. The van der Waals surface area contributed by atoms with Gasteiger partial charge < -0.3 is 9.22 Å². The van der Waals surface area contributed by atoms with E-state index in [9.17, 15) is 9.59 Å². The van der Waals surface area contributed by atoms with Crippen LogP contribution in [0, 0.1) is 34.5 Å². The van der Waals surface area contributed by atoms with Crippen molar-refractivity contribution < 1.29 is 18.8 Å². The molecule has 1 aliphatic heterocycles. The summed E-state index contributed by atoms with van der Waals surface area (Å²) in [5, 5.41) is 0. The quantitative estimate of drug-likeness (QED) is 0.222. The second-order valence-electron chi connectivity index (χ2n) is 13.4. The molecule has 0 aromatic carbocycles. The summed E-state index contributed by atoms with van der Waals surface area (Å²) < 4.78 is 6.64. The summed E-state index contributed by atoms with van der Waals surface area (Å²) >= 11 is 5.56. The first-order valence-electron chi connectivity index (χ1n) is 15.0. The summed E-state index contributed by atoms with van der Waals surface area (Å²) in [6, 6.07) is 0. The lowest BCUT2D eigenvalue weighted by atomic mass is 9.47. The summed E-state index contributed by atoms with van der Waals surface area (Å²) in [5.41, 5.74) is 1.98. The minimum atomic E-state index is -0.182. The van der Waals surface area contributed by atoms with Crippen molar-refractivity contribution in [1.29, 1.82) is 0 Å². The highest BCUT2D eigenvalue weighted by atomic mass is 32.1. The second kappa shape index (κ2) is 10.2. The average Bonchev–Trinajstić information content (AvgIpc) is 3.24. The van der Waals surface area contributed by atoms with Gasteiger partial charge in [0, 0.05) is 10.8 Å². The van der Waals surface area contributed by atoms with Crippen LogP contribution in [0.4, 0.5) is 0 Å². The minimum Gasteiger partial charge on any atom is -0.457 e. The van der Waals surface area contributed by atoms with Gasteiger partial charge in [-0.15, -0.1) is 0 Å². The van der Waals surface area contributed by atoms with Gasteiger partial charge in [0.15, 0.2) is 5.78 Å². The molecule has 200 valence electrons. The van der Waals surface area contributed by atoms with Crippen LogP contribution in [-0.2, 0) is 14.3 Å². The average molecular weight is 515 g/mol. The van der Waals surface area contributed by atoms with E-state index in [2.05, 4.69) is 26.8 Å². The number of hydrogen-bond donors (Lipinski definition) is 0. The van der Waals surface area contributed by atoms with Crippen LogP contribution in [0.2, 0.25) is 0 Å². The number of nitrogens with zero attached hydrogens (tertiary/aromatic N) is 1. The molecule has 0 unspecified atom stereocenters. The Labute approximate surface area is 224 Å². The number of thiocarbonyl (C=S) groups is 1. The molecular weight excluding hydrogens is 466 g/mol. The molecule has 4 fully saturated rings. The number of ether oxygens (including phenoxy) is 1. The van der Waals surface area contributed by atoms with Crippen molar-refractivity contribution in [3.63, 3.8) is 0 Å². The van der Waals surface area contributed by atoms with Gasteiger partial charge in [-0.2, -0.15) is 0 Å². The van der Waals surface area contributed by atoms with Crippen LogP contribution in [0.5, 0.6) is 0 Å². The molecular formula is C31H48NO3S+. The third-order valence-corrected chi connectivity index (χ3v) is 12.3. The zero-order valence-corrected chi connectivity index (χ0v) is 23.8. The van der Waals surface area contributed by atoms with E-state index in [4.69, 9.17) is 17.0 Å². The maximum atomic E-state index is 13.4. The molecule has 0 radical (unpaired) electrons. The highest BCUT2D eigenvalue weighted by Gasteiger charge is 2.60. The van der Waals surface area contributed by atoms with Crippen molar-refractivity contribution >= 4 is 28.8 Å². The first kappa shape index (κ1) is 26.5. The van der Waals surface area contributed by atoms with E-state index in [0.717, 1.165) is 60.0 Å². The number of rotatable bonds is 7. The number of esters is 1. The zero-order chi connectivity index (χ0) is 25.6. The number of allylic oxidation sites excluding steroid dienone is 2. The Morgan fingerprint density at radius 2 is 1.81 bits per heavy atom. The number of piperidine rings is 1. The predicted molar refractivity (Wildman–Crippen MR) is 148 cm³/mol. The number of Topliss-reactive ketones (excluding diaryl/α,β-unsaturated/α-hetero) is 1. The van der Waals surface area contributed by atoms with E-state index in [1.54, 1.807) is 5.57 Å². The molecule has 0 aromatic heterocycles. The molecule has 5 rings (SSSR count). The van der Waals surface area contributed by atoms with E-state index < -0.39 is 0 Å². The second-order valence-corrected chi connectivity index (χ2v) is 13.9. The molecule has 0 amide bonds. The van der Waals surface area contributed by atoms with Crippen molar-refractivity contribution in [2.75, 3.05) is 32.8 Å². The van der Waals surface area contributed by atoms with Gasteiger partial charge in [-0.25, -0.2) is 0 Å². The lowest BCUT2D eigenvalue weighted by Gasteiger charge is -2.58. The number of quaternary nitrogens is 1. The van der Waals surface area contributed by atoms with E-state index >= 15 is 0 Å². The number of hydrogen-bond acceptors (Lipinski definition) is 4. The third kappa shape index (κ3) is 4.65. The fourth-order valence-electron chi connectivity index (χ4n) is 9.62. The summed E-state index contributed by atoms with van der Waals surface area (Å²) in [6.07, 6.45) is 15.8. The van der Waals surface area contributed by atoms with E-state index in [0.29, 0.717) is 17.8 Å². The Morgan fingerprint density at radius 1 is 1.03 bits per heavy atom. The summed E-state index contributed by atoms with van der Waals surface area (Å²) in [5.74, 6) is 2.12. The highest BCUT2D eigenvalue weighted by molar-refractivity contribution is 7.80. The molecule has 36 heavy (non-hydrogen) atoms. The van der Waals surface area contributed by atoms with Gasteiger partial charge in [0.1, 0.15) is 6.61 Å². The normalized spacial score (nSPS) is 39.4. The van der Waals surface area contributed by atoms with Crippen molar-refractivity contribution in [2.24, 2.45) is 34.5 Å². The Balaban J connectivity index is 1.18. The van der Waals surface area contributed by atoms with Crippen LogP contribution >= 0.6 is 12.2 Å². The summed E-state index contributed by atoms with van der Waals surface area (Å²) in [6.45, 7) is 11.4. The lowest BCUT2D eigenvalue weighted by molar-refractivity contribution is -0.930. The molecule has 4 nitrogen and oxygen atoms in total. The van der Waals surface area contributed by atoms with Crippen molar-refractivity contribution in [3.05, 3.63) is 11.6 Å². The molecule has 6 atom stereocenters. The van der Waals surface area contributed by atoms with Crippen molar-refractivity contribution in [3.8, 4) is 0 Å². The van der Waals surface area contributed by atoms with Crippen LogP contribution in [0.3, 0.4) is 0 Å². The number of ketones is 1. The van der Waals surface area contributed by atoms with E-state index in [1.807, 2.05) is 0 Å². The van der Waals surface area contributed by atoms with E-state index in [-0.39, 0.29) is 29.7 Å². The SMILES string of the molecule is CC[N+]1(CCC(=O)OCC(=O)[C@H]2CC[C@H]3[C@@H]4CCC5=CC(=S)CC[C@]5(C)[C@H]4CC[C@]23C)CCCCC1. The Morgan fingerprint density at radius 3 is 2.56 bits per heavy atom. The van der Waals surface area contributed by atoms with Gasteiger partial charge in [0.05, 0.1) is 32.6 Å². The van der Waals surface area contributed by atoms with Gasteiger partial charge >= 0.3 is 5.97 Å². The Hall–Kier alpha value is -1.07. The molecule has 3 saturated carbocycles. The first-order valence-corrected chi connectivity index (χ1v) is 15.4. The third-order valence-electron chi connectivity index (χ3n) is 12.0. The van der Waals surface area contributed by atoms with Crippen molar-refractivity contribution in [2.45, 2.75) is 97.8 Å². The minimum absolute atomic E-state index is 0.0198. The van der Waals surface area contributed by atoms with Crippen LogP contribution in [-0.4, -0.2) is 53.9 Å². The highest BCUT2D eigenvalue weighted by Crippen LogP contribution is 2.66. The Kier molecular flexibility index (Phi) is 7.55. The number of fused-ring (bicyclic) bond motifs is 5. The van der Waals surface area contributed by atoms with Crippen LogP contribution in [0.25, 0.3) is 0 Å². The fourth-order valence-corrected chi connectivity index (χ4v) is 9.87. The van der Waals surface area contributed by atoms with Gasteiger partial charge in [-0.1, -0.05) is 31.6 Å². The monoisotopic (exact) mass is 514 g/mol. The van der Waals surface area contributed by atoms with Gasteiger partial charge in [0.2, 0.25) is 0 Å². The molecule has 5 heteroatoms. The largest absolute Gasteiger partial charge is 0.457 e. The van der Waals surface area contributed by atoms with Crippen LogP contribution in [0.15, 0.2) is 11.6 Å². The Bertz CT molecular complexity index is 921.